The van der Waals surface area contributed by atoms with Gasteiger partial charge in [0.1, 0.15) is 12.1 Å². The molecule has 12 nitrogen and oxygen atoms in total. The van der Waals surface area contributed by atoms with Crippen LogP contribution in [0, 0.1) is 28.1 Å². The highest BCUT2D eigenvalue weighted by Gasteiger charge is 2.70. The number of carbonyl (C=O) groups is 6. The quantitative estimate of drug-likeness (QED) is 0.164. The van der Waals surface area contributed by atoms with Crippen molar-refractivity contribution >= 4 is 35.4 Å². The Morgan fingerprint density at radius 1 is 1.00 bits per heavy atom. The van der Waals surface area contributed by atoms with E-state index in [0.717, 1.165) is 19.3 Å². The minimum absolute atomic E-state index is 0.0799. The van der Waals surface area contributed by atoms with Gasteiger partial charge >= 0.3 is 6.03 Å². The van der Waals surface area contributed by atoms with Crippen molar-refractivity contribution in [2.45, 2.75) is 125 Å². The average Bonchev–Trinajstić information content (AvgIpc) is 3.31. The minimum atomic E-state index is -1.02. The number of piperidine rings is 2. The highest BCUT2D eigenvalue weighted by Crippen LogP contribution is 2.65. The number of nitrogens with one attached hydrogen (secondary N) is 4. The molecular weight excluding hydrogens is 612 g/mol. The van der Waals surface area contributed by atoms with Crippen LogP contribution in [-0.4, -0.2) is 95.6 Å². The topological polar surface area (TPSA) is 157 Å². The number of amides is 6. The first kappa shape index (κ1) is 39.0. The Morgan fingerprint density at radius 2 is 1.67 bits per heavy atom. The molecule has 12 heteroatoms. The van der Waals surface area contributed by atoms with Gasteiger partial charge in [-0.25, -0.2) is 4.79 Å². The zero-order valence-corrected chi connectivity index (χ0v) is 30.7. The first-order valence-electron chi connectivity index (χ1n) is 17.6. The first-order valence-corrected chi connectivity index (χ1v) is 17.6. The Morgan fingerprint density at radius 3 is 2.23 bits per heavy atom. The summed E-state index contributed by atoms with van der Waals surface area (Å²) in [6.07, 6.45) is 5.46. The molecule has 0 aromatic heterocycles. The zero-order valence-electron chi connectivity index (χ0n) is 30.7. The van der Waals surface area contributed by atoms with Crippen LogP contribution in [0.2, 0.25) is 0 Å². The number of likely N-dealkylation sites (tertiary alicyclic amines) is 2. The molecule has 6 atom stereocenters. The molecule has 2 aliphatic heterocycles. The second-order valence-electron chi connectivity index (χ2n) is 16.6. The minimum Gasteiger partial charge on any atom is -0.346 e. The molecule has 3 aliphatic rings. The van der Waals surface area contributed by atoms with Gasteiger partial charge in [0.15, 0.2) is 0 Å². The molecule has 3 rings (SSSR count). The molecule has 48 heavy (non-hydrogen) atoms. The number of hydrogen-bond acceptors (Lipinski definition) is 6. The largest absolute Gasteiger partial charge is 0.346 e. The molecule has 270 valence electrons. The summed E-state index contributed by atoms with van der Waals surface area (Å²) in [6, 6.07) is -3.73. The lowest BCUT2D eigenvalue weighted by Gasteiger charge is -2.40. The molecule has 0 spiro atoms. The summed E-state index contributed by atoms with van der Waals surface area (Å²) in [5.74, 6) is -2.33. The summed E-state index contributed by atoms with van der Waals surface area (Å²) >= 11 is 0. The molecule has 0 aromatic rings. The fraction of sp³-hybridized carbons (Fsp3) is 0.778. The molecule has 1 unspecified atom stereocenters. The summed E-state index contributed by atoms with van der Waals surface area (Å²) in [7, 11) is 0. The van der Waals surface area contributed by atoms with E-state index in [9.17, 15) is 28.8 Å². The van der Waals surface area contributed by atoms with E-state index >= 15 is 0 Å². The number of rotatable bonds is 14. The number of hydrogen-bond donors (Lipinski definition) is 4. The third-order valence-corrected chi connectivity index (χ3v) is 10.4. The van der Waals surface area contributed by atoms with E-state index in [-0.39, 0.29) is 47.1 Å². The van der Waals surface area contributed by atoms with E-state index in [2.05, 4.69) is 41.7 Å². The average molecular weight is 673 g/mol. The molecule has 6 amide bonds. The summed E-state index contributed by atoms with van der Waals surface area (Å²) < 4.78 is 0. The highest BCUT2D eigenvalue weighted by molar-refractivity contribution is 6.38. The molecular formula is C36H60N6O6. The second-order valence-corrected chi connectivity index (χ2v) is 16.6. The number of unbranched alkanes of at least 4 members (excludes halogenated alkanes) is 1. The fourth-order valence-electron chi connectivity index (χ4n) is 7.11. The summed E-state index contributed by atoms with van der Waals surface area (Å²) in [5.41, 5.74) is -1.26. The summed E-state index contributed by atoms with van der Waals surface area (Å²) in [6.45, 7) is 22.8. The summed E-state index contributed by atoms with van der Waals surface area (Å²) in [4.78, 5) is 83.5. The first-order chi connectivity index (χ1) is 22.2. The lowest BCUT2D eigenvalue weighted by molar-refractivity contribution is -0.145. The standard InChI is InChI=1S/C36H60N6O6/c1-11-13-16-23(28(44)31(46)37-18-12-2)38-30(45)27-26-22(36(26,9)10)20-42(27)32(47)29(35(6,7)8)40-33(48)39-24(34(3,4)5)21-41-19-15-14-17-25(41)43/h12,22-24,26-27,29H,2,11,13-21H2,1,3-10H3,(H,37,46)(H,38,45)(H2,39,40,48)/t22-,23?,24+,26-,27-,29+/m0/s1. The molecule has 0 radical (unpaired) electrons. The third-order valence-electron chi connectivity index (χ3n) is 10.4. The Bertz CT molecular complexity index is 1250. The van der Waals surface area contributed by atoms with Gasteiger partial charge < -0.3 is 31.1 Å². The van der Waals surface area contributed by atoms with Crippen LogP contribution < -0.4 is 21.3 Å². The van der Waals surface area contributed by atoms with Crippen LogP contribution >= 0.6 is 0 Å². The number of fused-ring (bicyclic) bond motifs is 1. The van der Waals surface area contributed by atoms with Gasteiger partial charge in [-0.2, -0.15) is 0 Å². The zero-order chi connectivity index (χ0) is 36.2. The maximum atomic E-state index is 14.4. The normalized spacial score (nSPS) is 23.7. The maximum Gasteiger partial charge on any atom is 0.315 e. The van der Waals surface area contributed by atoms with Gasteiger partial charge in [-0.1, -0.05) is 81.2 Å². The van der Waals surface area contributed by atoms with Gasteiger partial charge in [0.05, 0.1) is 12.1 Å². The number of urea groups is 1. The van der Waals surface area contributed by atoms with Gasteiger partial charge in [-0.15, -0.1) is 6.58 Å². The third kappa shape index (κ3) is 9.16. The van der Waals surface area contributed by atoms with E-state index in [1.807, 2.05) is 48.5 Å². The lowest BCUT2D eigenvalue weighted by Crippen LogP contribution is -2.63. The van der Waals surface area contributed by atoms with Crippen LogP contribution in [0.4, 0.5) is 4.79 Å². The van der Waals surface area contributed by atoms with Gasteiger partial charge in [0.2, 0.25) is 23.5 Å². The smallest absolute Gasteiger partial charge is 0.315 e. The lowest BCUT2D eigenvalue weighted by atomic mass is 9.84. The predicted octanol–water partition coefficient (Wildman–Crippen LogP) is 3.16. The predicted molar refractivity (Wildman–Crippen MR) is 185 cm³/mol. The van der Waals surface area contributed by atoms with Crippen LogP contribution in [0.5, 0.6) is 0 Å². The Balaban J connectivity index is 1.82. The van der Waals surface area contributed by atoms with Crippen molar-refractivity contribution in [2.24, 2.45) is 28.1 Å². The number of nitrogens with zero attached hydrogens (tertiary/aromatic N) is 2. The van der Waals surface area contributed by atoms with Gasteiger partial charge in [-0.05, 0) is 47.3 Å². The van der Waals surface area contributed by atoms with Crippen LogP contribution in [-0.2, 0) is 24.0 Å². The molecule has 1 saturated carbocycles. The SMILES string of the molecule is C=CCNC(=O)C(=O)C(CCCC)NC(=O)[C@@H]1[C@@H]2[C@H](CN1C(=O)[C@@H](NC(=O)N[C@H](CN1CCCCC1=O)C(C)(C)C)C(C)(C)C)C2(C)C. The maximum absolute atomic E-state index is 14.4. The van der Waals surface area contributed by atoms with Crippen molar-refractivity contribution in [2.75, 3.05) is 26.2 Å². The monoisotopic (exact) mass is 672 g/mol. The Kier molecular flexibility index (Phi) is 12.5. The Hall–Kier alpha value is -3.44. The molecule has 0 aromatic carbocycles. The second kappa shape index (κ2) is 15.4. The summed E-state index contributed by atoms with van der Waals surface area (Å²) in [5, 5.41) is 11.3. The molecule has 1 aliphatic carbocycles. The van der Waals surface area contributed by atoms with E-state index in [0.29, 0.717) is 38.9 Å². The molecule has 2 saturated heterocycles. The van der Waals surface area contributed by atoms with Crippen molar-refractivity contribution in [1.29, 1.82) is 0 Å². The van der Waals surface area contributed by atoms with E-state index in [4.69, 9.17) is 0 Å². The van der Waals surface area contributed by atoms with Gasteiger partial charge in [0, 0.05) is 32.6 Å². The van der Waals surface area contributed by atoms with Crippen molar-refractivity contribution in [3.8, 4) is 0 Å². The van der Waals surface area contributed by atoms with E-state index < -0.39 is 47.2 Å². The van der Waals surface area contributed by atoms with Gasteiger partial charge in [-0.3, -0.25) is 24.0 Å². The molecule has 2 heterocycles. The van der Waals surface area contributed by atoms with Crippen molar-refractivity contribution in [1.82, 2.24) is 31.1 Å². The number of carbonyl (C=O) groups excluding carboxylic acids is 6. The van der Waals surface area contributed by atoms with Crippen LogP contribution in [0.15, 0.2) is 12.7 Å². The fourth-order valence-corrected chi connectivity index (χ4v) is 7.11. The van der Waals surface area contributed by atoms with Crippen LogP contribution in [0.25, 0.3) is 0 Å². The van der Waals surface area contributed by atoms with Crippen LogP contribution in [0.3, 0.4) is 0 Å². The van der Waals surface area contributed by atoms with Crippen LogP contribution in [0.1, 0.15) is 101 Å². The number of Topliss-reactive ketones (excluding diaryl/α,β-unsaturated/α-hetero) is 1. The van der Waals surface area contributed by atoms with Crippen molar-refractivity contribution in [3.63, 3.8) is 0 Å². The van der Waals surface area contributed by atoms with Crippen molar-refractivity contribution < 1.29 is 28.8 Å². The van der Waals surface area contributed by atoms with E-state index in [1.54, 1.807) is 9.80 Å². The molecule has 3 fully saturated rings. The molecule has 4 N–H and O–H groups in total. The molecule has 0 bridgehead atoms. The number of ketones is 1. The highest BCUT2D eigenvalue weighted by atomic mass is 16.2. The van der Waals surface area contributed by atoms with Gasteiger partial charge in [0.25, 0.3) is 5.91 Å². The Labute approximate surface area is 286 Å². The van der Waals surface area contributed by atoms with E-state index in [1.165, 1.54) is 6.08 Å². The van der Waals surface area contributed by atoms with Crippen molar-refractivity contribution in [3.05, 3.63) is 12.7 Å².